The van der Waals surface area contributed by atoms with Crippen LogP contribution in [0.25, 0.3) is 11.1 Å². The molecule has 1 aliphatic rings. The van der Waals surface area contributed by atoms with E-state index >= 15 is 0 Å². The van der Waals surface area contributed by atoms with Gasteiger partial charge in [0.25, 0.3) is 0 Å². The number of aromatic hydroxyl groups is 2. The van der Waals surface area contributed by atoms with Crippen LogP contribution in [0.4, 0.5) is 11.4 Å². The van der Waals surface area contributed by atoms with Gasteiger partial charge in [0, 0.05) is 23.4 Å². The number of fused-ring (bicyclic) bond motifs is 2. The predicted octanol–water partition coefficient (Wildman–Crippen LogP) is 3.02. The number of anilines is 2. The van der Waals surface area contributed by atoms with E-state index in [1.54, 1.807) is 19.1 Å². The van der Waals surface area contributed by atoms with Gasteiger partial charge in [-0.25, -0.2) is 0 Å². The smallest absolute Gasteiger partial charge is 0.310 e. The molecule has 31 heavy (non-hydrogen) atoms. The average molecular weight is 418 g/mol. The maximum absolute atomic E-state index is 13.2. The fraction of sp³-hybridized carbons (Fsp3) is 0.0870. The summed E-state index contributed by atoms with van der Waals surface area (Å²) < 4.78 is 5.13. The first-order chi connectivity index (χ1) is 14.7. The van der Waals surface area contributed by atoms with Gasteiger partial charge in [-0.05, 0) is 35.9 Å². The molecule has 156 valence electrons. The third kappa shape index (κ3) is 3.05. The van der Waals surface area contributed by atoms with Crippen molar-refractivity contribution >= 4 is 28.9 Å². The van der Waals surface area contributed by atoms with E-state index in [0.717, 1.165) is 0 Å². The first-order valence-corrected chi connectivity index (χ1v) is 9.42. The molecule has 0 fully saturated rings. The van der Waals surface area contributed by atoms with Crippen molar-refractivity contribution in [1.82, 2.24) is 0 Å². The fourth-order valence-electron chi connectivity index (χ4n) is 3.62. The maximum Gasteiger partial charge on any atom is 0.310 e. The molecule has 6 N–H and O–H groups in total. The highest BCUT2D eigenvalue weighted by Crippen LogP contribution is 2.45. The summed E-state index contributed by atoms with van der Waals surface area (Å²) in [6, 6.07) is 10.2. The number of phenols is 2. The summed E-state index contributed by atoms with van der Waals surface area (Å²) in [5, 5.41) is 21.0. The van der Waals surface area contributed by atoms with Crippen LogP contribution in [-0.4, -0.2) is 27.7 Å². The topological polar surface area (TPSA) is 153 Å². The van der Waals surface area contributed by atoms with Crippen molar-refractivity contribution in [2.24, 2.45) is 0 Å². The Kier molecular flexibility index (Phi) is 4.62. The molecule has 0 spiro atoms. The number of ether oxygens (including phenoxy) is 1. The number of carbonyl (C=O) groups is 3. The number of carbonyl (C=O) groups excluding carboxylic acids is 3. The van der Waals surface area contributed by atoms with E-state index in [-0.39, 0.29) is 45.6 Å². The summed E-state index contributed by atoms with van der Waals surface area (Å²) >= 11 is 0. The number of ketones is 2. The van der Waals surface area contributed by atoms with Crippen molar-refractivity contribution in [3.63, 3.8) is 0 Å². The molecule has 0 aromatic heterocycles. The highest BCUT2D eigenvalue weighted by molar-refractivity contribution is 6.33. The number of phenolic OH excluding ortho intramolecular Hbond substituents is 2. The zero-order valence-electron chi connectivity index (χ0n) is 16.4. The molecule has 4 rings (SSSR count). The number of nitrogen functional groups attached to an aromatic ring is 2. The summed E-state index contributed by atoms with van der Waals surface area (Å²) in [5.41, 5.74) is 11.8. The van der Waals surface area contributed by atoms with Gasteiger partial charge in [0.15, 0.2) is 0 Å². The molecule has 3 aromatic rings. The van der Waals surface area contributed by atoms with Crippen LogP contribution in [-0.2, 0) is 4.79 Å². The van der Waals surface area contributed by atoms with Gasteiger partial charge in [0.05, 0.1) is 22.3 Å². The lowest BCUT2D eigenvalue weighted by atomic mass is 9.80. The van der Waals surface area contributed by atoms with E-state index in [1.807, 2.05) is 0 Å². The summed E-state index contributed by atoms with van der Waals surface area (Å²) in [6.45, 7) is 1.67. The van der Waals surface area contributed by atoms with Gasteiger partial charge in [0.1, 0.15) is 17.2 Å². The Labute approximate surface area is 176 Å². The van der Waals surface area contributed by atoms with Crippen molar-refractivity contribution in [2.45, 2.75) is 13.3 Å². The predicted molar refractivity (Wildman–Crippen MR) is 113 cm³/mol. The summed E-state index contributed by atoms with van der Waals surface area (Å²) in [6.07, 6.45) is 0.222. The van der Waals surface area contributed by atoms with Crippen molar-refractivity contribution in [3.8, 4) is 28.4 Å². The molecule has 3 aromatic carbocycles. The van der Waals surface area contributed by atoms with Crippen molar-refractivity contribution in [2.75, 3.05) is 11.5 Å². The molecule has 0 atom stereocenters. The zero-order chi connectivity index (χ0) is 22.4. The quantitative estimate of drug-likeness (QED) is 0.171. The van der Waals surface area contributed by atoms with Crippen LogP contribution in [0.2, 0.25) is 0 Å². The van der Waals surface area contributed by atoms with Gasteiger partial charge in [-0.15, -0.1) is 0 Å². The SMILES string of the molecule is CCC(=O)Oc1ccc(-c2cc(N)c3c(c2O)C(=O)c2c(N)ccc(O)c2C3=O)cc1. The summed E-state index contributed by atoms with van der Waals surface area (Å²) in [4.78, 5) is 37.6. The minimum Gasteiger partial charge on any atom is -0.507 e. The lowest BCUT2D eigenvalue weighted by Gasteiger charge is -2.23. The zero-order valence-corrected chi connectivity index (χ0v) is 16.4. The van der Waals surface area contributed by atoms with Crippen molar-refractivity contribution < 1.29 is 29.3 Å². The lowest BCUT2D eigenvalue weighted by molar-refractivity contribution is -0.134. The second-order valence-electron chi connectivity index (χ2n) is 7.05. The third-order valence-corrected chi connectivity index (χ3v) is 5.14. The molecule has 1 aliphatic carbocycles. The van der Waals surface area contributed by atoms with Crippen LogP contribution in [0.1, 0.15) is 45.2 Å². The summed E-state index contributed by atoms with van der Waals surface area (Å²) in [7, 11) is 0. The van der Waals surface area contributed by atoms with Gasteiger partial charge in [0.2, 0.25) is 11.6 Å². The number of benzene rings is 3. The van der Waals surface area contributed by atoms with Crippen molar-refractivity contribution in [3.05, 3.63) is 64.7 Å². The molecule has 0 bridgehead atoms. The second-order valence-corrected chi connectivity index (χ2v) is 7.05. The number of esters is 1. The van der Waals surface area contributed by atoms with E-state index in [0.29, 0.717) is 11.3 Å². The first-order valence-electron chi connectivity index (χ1n) is 9.42. The highest BCUT2D eigenvalue weighted by Gasteiger charge is 2.38. The monoisotopic (exact) mass is 418 g/mol. The van der Waals surface area contributed by atoms with Crippen LogP contribution in [0.5, 0.6) is 17.2 Å². The van der Waals surface area contributed by atoms with Gasteiger partial charge in [-0.3, -0.25) is 14.4 Å². The van der Waals surface area contributed by atoms with Crippen LogP contribution >= 0.6 is 0 Å². The Bertz CT molecular complexity index is 1280. The van der Waals surface area contributed by atoms with Gasteiger partial charge in [-0.2, -0.15) is 0 Å². The molecule has 8 nitrogen and oxygen atoms in total. The highest BCUT2D eigenvalue weighted by atomic mass is 16.5. The molecule has 0 unspecified atom stereocenters. The first kappa shape index (κ1) is 20.0. The summed E-state index contributed by atoms with van der Waals surface area (Å²) in [5.74, 6) is -2.31. The van der Waals surface area contributed by atoms with Gasteiger partial charge >= 0.3 is 5.97 Å². The molecule has 0 radical (unpaired) electrons. The Morgan fingerprint density at radius 2 is 1.48 bits per heavy atom. The number of hydrogen-bond donors (Lipinski definition) is 4. The van der Waals surface area contributed by atoms with E-state index in [1.165, 1.54) is 30.3 Å². The Morgan fingerprint density at radius 3 is 2.13 bits per heavy atom. The van der Waals surface area contributed by atoms with E-state index in [9.17, 15) is 24.6 Å². The minimum atomic E-state index is -0.711. The second kappa shape index (κ2) is 7.17. The Balaban J connectivity index is 1.87. The number of hydrogen-bond acceptors (Lipinski definition) is 8. The van der Waals surface area contributed by atoms with E-state index in [2.05, 4.69) is 0 Å². The average Bonchev–Trinajstić information content (AvgIpc) is 2.75. The van der Waals surface area contributed by atoms with Gasteiger partial charge in [-0.1, -0.05) is 19.1 Å². The van der Waals surface area contributed by atoms with Crippen LogP contribution < -0.4 is 16.2 Å². The molecular formula is C23H18N2O6. The largest absolute Gasteiger partial charge is 0.507 e. The molecule has 0 amide bonds. The van der Waals surface area contributed by atoms with E-state index in [4.69, 9.17) is 16.2 Å². The van der Waals surface area contributed by atoms with E-state index < -0.39 is 29.0 Å². The maximum atomic E-state index is 13.2. The molecule has 0 heterocycles. The molecule has 8 heteroatoms. The van der Waals surface area contributed by atoms with Crippen LogP contribution in [0.3, 0.4) is 0 Å². The Hall–Kier alpha value is -4.33. The van der Waals surface area contributed by atoms with Crippen LogP contribution in [0, 0.1) is 0 Å². The molecular weight excluding hydrogens is 400 g/mol. The van der Waals surface area contributed by atoms with Crippen molar-refractivity contribution in [1.29, 1.82) is 0 Å². The number of nitrogens with two attached hydrogens (primary N) is 2. The molecule has 0 saturated carbocycles. The van der Waals surface area contributed by atoms with Gasteiger partial charge < -0.3 is 26.4 Å². The minimum absolute atomic E-state index is 0.00210. The number of rotatable bonds is 3. The fourth-order valence-corrected chi connectivity index (χ4v) is 3.62. The third-order valence-electron chi connectivity index (χ3n) is 5.14. The molecule has 0 aliphatic heterocycles. The van der Waals surface area contributed by atoms with Crippen LogP contribution in [0.15, 0.2) is 42.5 Å². The molecule has 0 saturated heterocycles. The Morgan fingerprint density at radius 1 is 0.871 bits per heavy atom. The standard InChI is InChI=1S/C23H18N2O6/c1-2-16(27)31-11-5-3-10(4-6-11)12-9-14(25)18-20(21(12)28)23(30)17-13(24)7-8-15(26)19(17)22(18)29/h3-9,26,28H,2,24-25H2,1H3. The normalized spacial score (nSPS) is 12.3. The lowest BCUT2D eigenvalue weighted by Crippen LogP contribution is -2.24.